The molecule has 0 unspecified atom stereocenters. The quantitative estimate of drug-likeness (QED) is 0.753. The van der Waals surface area contributed by atoms with Crippen LogP contribution in [-0.4, -0.2) is 35.1 Å². The van der Waals surface area contributed by atoms with Crippen molar-refractivity contribution in [1.82, 2.24) is 4.90 Å². The number of anilines is 1. The Morgan fingerprint density at radius 2 is 2.00 bits per heavy atom. The molecule has 0 heterocycles. The number of aliphatic hydroxyl groups is 1. The summed E-state index contributed by atoms with van der Waals surface area (Å²) in [5, 5.41) is 9.63. The summed E-state index contributed by atoms with van der Waals surface area (Å²) in [6, 6.07) is 6.91. The fraction of sp³-hybridized carbons (Fsp3) is 0.417. The van der Waals surface area contributed by atoms with Gasteiger partial charge >= 0.3 is 0 Å². The first-order valence-corrected chi connectivity index (χ1v) is 5.13. The van der Waals surface area contributed by atoms with E-state index in [-0.39, 0.29) is 12.5 Å². The molecular formula is C12H18N2O2. The Balaban J connectivity index is 2.83. The molecule has 0 bridgehead atoms. The van der Waals surface area contributed by atoms with E-state index in [1.54, 1.807) is 45.2 Å². The number of carbonyl (C=O) groups is 1. The van der Waals surface area contributed by atoms with Crippen LogP contribution in [0.1, 0.15) is 24.2 Å². The average molecular weight is 222 g/mol. The Kier molecular flexibility index (Phi) is 3.55. The third-order valence-electron chi connectivity index (χ3n) is 2.16. The fourth-order valence-corrected chi connectivity index (χ4v) is 1.55. The first-order chi connectivity index (χ1) is 7.31. The van der Waals surface area contributed by atoms with Crippen molar-refractivity contribution in [3.8, 4) is 0 Å². The highest BCUT2D eigenvalue weighted by Crippen LogP contribution is 2.14. The zero-order chi connectivity index (χ0) is 12.3. The molecule has 0 aromatic heterocycles. The number of amides is 1. The van der Waals surface area contributed by atoms with Crippen LogP contribution in [0.4, 0.5) is 5.69 Å². The number of hydrogen-bond donors (Lipinski definition) is 2. The van der Waals surface area contributed by atoms with Crippen LogP contribution in [0.3, 0.4) is 0 Å². The monoisotopic (exact) mass is 222 g/mol. The van der Waals surface area contributed by atoms with E-state index in [2.05, 4.69) is 0 Å². The number of hydrogen-bond acceptors (Lipinski definition) is 3. The number of benzene rings is 1. The number of nitrogens with two attached hydrogens (primary N) is 1. The van der Waals surface area contributed by atoms with E-state index in [4.69, 9.17) is 5.73 Å². The third-order valence-corrected chi connectivity index (χ3v) is 2.16. The SMILES string of the molecule is CN(CC(C)(C)O)C(=O)c1ccccc1N. The van der Waals surface area contributed by atoms with Gasteiger partial charge in [-0.3, -0.25) is 4.79 Å². The molecule has 1 aromatic rings. The Labute approximate surface area is 95.7 Å². The molecule has 88 valence electrons. The van der Waals surface area contributed by atoms with Crippen LogP contribution in [0.25, 0.3) is 0 Å². The highest BCUT2D eigenvalue weighted by molar-refractivity contribution is 5.98. The largest absolute Gasteiger partial charge is 0.398 e. The first-order valence-electron chi connectivity index (χ1n) is 5.13. The molecule has 1 amide bonds. The predicted molar refractivity (Wildman–Crippen MR) is 64.1 cm³/mol. The van der Waals surface area contributed by atoms with Gasteiger partial charge in [0.15, 0.2) is 0 Å². The highest BCUT2D eigenvalue weighted by atomic mass is 16.3. The van der Waals surface area contributed by atoms with Crippen LogP contribution in [0.15, 0.2) is 24.3 Å². The summed E-state index contributed by atoms with van der Waals surface area (Å²) in [5.74, 6) is -0.180. The lowest BCUT2D eigenvalue weighted by atomic mass is 10.1. The van der Waals surface area contributed by atoms with Crippen LogP contribution < -0.4 is 5.73 Å². The summed E-state index contributed by atoms with van der Waals surface area (Å²) in [5.41, 5.74) is 5.72. The van der Waals surface area contributed by atoms with Gasteiger partial charge in [-0.05, 0) is 26.0 Å². The van der Waals surface area contributed by atoms with Crippen molar-refractivity contribution in [1.29, 1.82) is 0 Å². The van der Waals surface area contributed by atoms with Gasteiger partial charge in [0.2, 0.25) is 0 Å². The molecular weight excluding hydrogens is 204 g/mol. The smallest absolute Gasteiger partial charge is 0.255 e. The minimum Gasteiger partial charge on any atom is -0.398 e. The maximum Gasteiger partial charge on any atom is 0.255 e. The summed E-state index contributed by atoms with van der Waals surface area (Å²) < 4.78 is 0. The van der Waals surface area contributed by atoms with E-state index in [1.165, 1.54) is 4.90 Å². The minimum atomic E-state index is -0.909. The predicted octanol–water partition coefficient (Wildman–Crippen LogP) is 1.11. The summed E-state index contributed by atoms with van der Waals surface area (Å²) in [4.78, 5) is 13.4. The van der Waals surface area contributed by atoms with E-state index in [1.807, 2.05) is 0 Å². The van der Waals surface area contributed by atoms with Crippen molar-refractivity contribution in [3.05, 3.63) is 29.8 Å². The van der Waals surface area contributed by atoms with Gasteiger partial charge < -0.3 is 15.7 Å². The van der Waals surface area contributed by atoms with Crippen LogP contribution in [0.2, 0.25) is 0 Å². The van der Waals surface area contributed by atoms with Gasteiger partial charge in [0.05, 0.1) is 11.2 Å². The normalized spacial score (nSPS) is 11.2. The Bertz CT molecular complexity index is 383. The number of likely N-dealkylation sites (N-methyl/N-ethyl adjacent to an activating group) is 1. The van der Waals surface area contributed by atoms with Crippen LogP contribution >= 0.6 is 0 Å². The van der Waals surface area contributed by atoms with Crippen LogP contribution in [-0.2, 0) is 0 Å². The van der Waals surface area contributed by atoms with Gasteiger partial charge in [0.25, 0.3) is 5.91 Å². The van der Waals surface area contributed by atoms with Gasteiger partial charge in [-0.15, -0.1) is 0 Å². The van der Waals surface area contributed by atoms with Crippen molar-refractivity contribution in [2.45, 2.75) is 19.4 Å². The highest BCUT2D eigenvalue weighted by Gasteiger charge is 2.21. The molecule has 4 nitrogen and oxygen atoms in total. The zero-order valence-electron chi connectivity index (χ0n) is 9.90. The van der Waals surface area contributed by atoms with Crippen LogP contribution in [0, 0.1) is 0 Å². The van der Waals surface area contributed by atoms with Crippen molar-refractivity contribution < 1.29 is 9.90 Å². The van der Waals surface area contributed by atoms with Gasteiger partial charge in [-0.1, -0.05) is 12.1 Å². The van der Waals surface area contributed by atoms with Crippen LogP contribution in [0.5, 0.6) is 0 Å². The molecule has 0 radical (unpaired) electrons. The van der Waals surface area contributed by atoms with Crippen molar-refractivity contribution >= 4 is 11.6 Å². The van der Waals surface area contributed by atoms with E-state index in [9.17, 15) is 9.90 Å². The standard InChI is InChI=1S/C12H18N2O2/c1-12(2,16)8-14(3)11(15)9-6-4-5-7-10(9)13/h4-7,16H,8,13H2,1-3H3. The van der Waals surface area contributed by atoms with Crippen molar-refractivity contribution in [2.24, 2.45) is 0 Å². The molecule has 1 aromatic carbocycles. The Morgan fingerprint density at radius 1 is 1.44 bits per heavy atom. The first kappa shape index (κ1) is 12.5. The fourth-order valence-electron chi connectivity index (χ4n) is 1.55. The summed E-state index contributed by atoms with van der Waals surface area (Å²) in [7, 11) is 1.65. The summed E-state index contributed by atoms with van der Waals surface area (Å²) in [6.07, 6.45) is 0. The Hall–Kier alpha value is -1.55. The molecule has 0 saturated heterocycles. The maximum absolute atomic E-state index is 12.0. The zero-order valence-corrected chi connectivity index (χ0v) is 9.90. The van der Waals surface area contributed by atoms with Crippen molar-refractivity contribution in [2.75, 3.05) is 19.3 Å². The summed E-state index contributed by atoms with van der Waals surface area (Å²) in [6.45, 7) is 3.58. The number of para-hydroxylation sites is 1. The van der Waals surface area contributed by atoms with E-state index in [0.29, 0.717) is 11.3 Å². The lowest BCUT2D eigenvalue weighted by Gasteiger charge is -2.25. The van der Waals surface area contributed by atoms with E-state index < -0.39 is 5.60 Å². The number of nitrogens with zero attached hydrogens (tertiary/aromatic N) is 1. The molecule has 0 fully saturated rings. The number of nitrogen functional groups attached to an aromatic ring is 1. The average Bonchev–Trinajstić information content (AvgIpc) is 2.15. The number of rotatable bonds is 3. The molecule has 16 heavy (non-hydrogen) atoms. The molecule has 0 atom stereocenters. The minimum absolute atomic E-state index is 0.180. The molecule has 0 spiro atoms. The molecule has 1 rings (SSSR count). The molecule has 0 aliphatic rings. The second kappa shape index (κ2) is 4.53. The van der Waals surface area contributed by atoms with Crippen molar-refractivity contribution in [3.63, 3.8) is 0 Å². The molecule has 0 aliphatic heterocycles. The Morgan fingerprint density at radius 3 is 2.50 bits per heavy atom. The summed E-state index contributed by atoms with van der Waals surface area (Å²) >= 11 is 0. The lowest BCUT2D eigenvalue weighted by molar-refractivity contribution is 0.0368. The molecule has 3 N–H and O–H groups in total. The topological polar surface area (TPSA) is 66.6 Å². The van der Waals surface area contributed by atoms with E-state index in [0.717, 1.165) is 0 Å². The van der Waals surface area contributed by atoms with E-state index >= 15 is 0 Å². The third kappa shape index (κ3) is 3.24. The molecule has 0 aliphatic carbocycles. The maximum atomic E-state index is 12.0. The second-order valence-corrected chi connectivity index (χ2v) is 4.56. The van der Waals surface area contributed by atoms with Gasteiger partial charge in [0.1, 0.15) is 0 Å². The second-order valence-electron chi connectivity index (χ2n) is 4.56. The lowest BCUT2D eigenvalue weighted by Crippen LogP contribution is -2.39. The molecule has 4 heteroatoms. The van der Waals surface area contributed by atoms with Gasteiger partial charge in [-0.25, -0.2) is 0 Å². The van der Waals surface area contributed by atoms with Gasteiger partial charge in [0, 0.05) is 19.3 Å². The number of carbonyl (C=O) groups excluding carboxylic acids is 1. The molecule has 0 saturated carbocycles. The van der Waals surface area contributed by atoms with Gasteiger partial charge in [-0.2, -0.15) is 0 Å².